The van der Waals surface area contributed by atoms with Gasteiger partial charge >= 0.3 is 0 Å². The molecular weight excluding hydrogens is 410 g/mol. The summed E-state index contributed by atoms with van der Waals surface area (Å²) >= 11 is 6.35. The third kappa shape index (κ3) is 3.27. The maximum atomic E-state index is 13.4. The normalized spacial score (nSPS) is 15.4. The van der Waals surface area contributed by atoms with Gasteiger partial charge in [0.1, 0.15) is 17.1 Å². The van der Waals surface area contributed by atoms with Crippen molar-refractivity contribution in [2.75, 3.05) is 0 Å². The number of benzene rings is 3. The number of aromatic nitrogens is 2. The molecule has 0 bridgehead atoms. The van der Waals surface area contributed by atoms with Crippen LogP contribution in [0.5, 0.6) is 5.75 Å². The first-order valence-electron chi connectivity index (χ1n) is 10.0. The number of aromatic amines is 1. The van der Waals surface area contributed by atoms with Crippen molar-refractivity contribution in [1.82, 2.24) is 15.1 Å². The highest BCUT2D eigenvalue weighted by Gasteiger charge is 2.42. The highest BCUT2D eigenvalue weighted by Crippen LogP contribution is 2.45. The van der Waals surface area contributed by atoms with E-state index in [1.807, 2.05) is 72.5 Å². The topological polar surface area (TPSA) is 69.2 Å². The van der Waals surface area contributed by atoms with Gasteiger partial charge in [-0.1, -0.05) is 72.3 Å². The number of H-pyrrole nitrogens is 1. The minimum absolute atomic E-state index is 0.0805. The summed E-state index contributed by atoms with van der Waals surface area (Å²) in [5, 5.41) is 18.5. The van der Waals surface area contributed by atoms with Crippen molar-refractivity contribution < 1.29 is 9.90 Å². The Morgan fingerprint density at radius 2 is 1.74 bits per heavy atom. The quantitative estimate of drug-likeness (QED) is 0.450. The molecule has 2 N–H and O–H groups in total. The molecule has 1 unspecified atom stereocenters. The number of hydrogen-bond acceptors (Lipinski definition) is 3. The maximum Gasteiger partial charge on any atom is 0.273 e. The number of hydrogen-bond donors (Lipinski definition) is 2. The highest BCUT2D eigenvalue weighted by molar-refractivity contribution is 6.31. The number of nitrogens with one attached hydrogen (secondary N) is 1. The number of rotatable bonds is 4. The van der Waals surface area contributed by atoms with Crippen molar-refractivity contribution in [3.63, 3.8) is 0 Å². The number of phenols is 1. The first kappa shape index (κ1) is 19.4. The van der Waals surface area contributed by atoms with Crippen LogP contribution in [0.4, 0.5) is 0 Å². The first-order chi connectivity index (χ1) is 15.0. The van der Waals surface area contributed by atoms with Crippen LogP contribution in [0, 0.1) is 6.92 Å². The summed E-state index contributed by atoms with van der Waals surface area (Å²) < 4.78 is 0. The van der Waals surface area contributed by atoms with Crippen LogP contribution >= 0.6 is 11.6 Å². The monoisotopic (exact) mass is 429 g/mol. The van der Waals surface area contributed by atoms with E-state index in [4.69, 9.17) is 11.6 Å². The number of amides is 1. The summed E-state index contributed by atoms with van der Waals surface area (Å²) in [6.45, 7) is 2.29. The molecule has 1 aliphatic rings. The largest absolute Gasteiger partial charge is 0.507 e. The summed E-state index contributed by atoms with van der Waals surface area (Å²) in [7, 11) is 0. The predicted octanol–water partition coefficient (Wildman–Crippen LogP) is 5.49. The van der Waals surface area contributed by atoms with E-state index < -0.39 is 0 Å². The van der Waals surface area contributed by atoms with E-state index in [9.17, 15) is 9.90 Å². The summed E-state index contributed by atoms with van der Waals surface area (Å²) in [6, 6.07) is 22.8. The van der Waals surface area contributed by atoms with Gasteiger partial charge in [0.2, 0.25) is 0 Å². The number of aromatic hydroxyl groups is 1. The van der Waals surface area contributed by atoms with Crippen molar-refractivity contribution >= 4 is 17.5 Å². The lowest BCUT2D eigenvalue weighted by Gasteiger charge is -2.26. The zero-order chi connectivity index (χ0) is 21.5. The molecule has 0 saturated carbocycles. The molecule has 1 aromatic heterocycles. The smallest absolute Gasteiger partial charge is 0.273 e. The van der Waals surface area contributed by atoms with Crippen molar-refractivity contribution in [2.45, 2.75) is 19.5 Å². The number of halogens is 1. The van der Waals surface area contributed by atoms with Crippen molar-refractivity contribution in [2.24, 2.45) is 0 Å². The SMILES string of the molecule is Cc1cc(O)c(-c2n[nH]c3c2C(c2ccccc2)N(Cc2ccccc2)C3=O)cc1Cl. The molecule has 0 fully saturated rings. The van der Waals surface area contributed by atoms with Gasteiger partial charge in [0, 0.05) is 22.7 Å². The molecule has 0 spiro atoms. The molecule has 1 amide bonds. The summed E-state index contributed by atoms with van der Waals surface area (Å²) in [5.74, 6) is -0.0406. The van der Waals surface area contributed by atoms with Gasteiger partial charge in [0.05, 0.1) is 6.04 Å². The summed E-state index contributed by atoms with van der Waals surface area (Å²) in [6.07, 6.45) is 0. The maximum absolute atomic E-state index is 13.4. The fourth-order valence-corrected chi connectivity index (χ4v) is 4.35. The fourth-order valence-electron chi connectivity index (χ4n) is 4.18. The number of fused-ring (bicyclic) bond motifs is 1. The van der Waals surface area contributed by atoms with Gasteiger partial charge in [0.25, 0.3) is 5.91 Å². The Balaban J connectivity index is 1.68. The molecular formula is C25H20ClN3O2. The molecule has 3 aromatic carbocycles. The summed E-state index contributed by atoms with van der Waals surface area (Å²) in [4.78, 5) is 15.2. The van der Waals surface area contributed by atoms with Crippen LogP contribution in [-0.2, 0) is 6.54 Å². The highest BCUT2D eigenvalue weighted by atomic mass is 35.5. The number of phenolic OH excluding ortho intramolecular Hbond substituents is 1. The molecule has 154 valence electrons. The van der Waals surface area contributed by atoms with Crippen molar-refractivity contribution in [3.8, 4) is 17.0 Å². The van der Waals surface area contributed by atoms with Crippen molar-refractivity contribution in [3.05, 3.63) is 106 Å². The number of carbonyl (C=O) groups is 1. The van der Waals surface area contributed by atoms with Gasteiger partial charge in [-0.15, -0.1) is 0 Å². The third-order valence-corrected chi connectivity index (χ3v) is 6.11. The van der Waals surface area contributed by atoms with E-state index in [2.05, 4.69) is 10.2 Å². The van der Waals surface area contributed by atoms with Crippen LogP contribution < -0.4 is 0 Å². The molecule has 1 aliphatic heterocycles. The Hall–Kier alpha value is -3.57. The average Bonchev–Trinajstić information content (AvgIpc) is 3.31. The Bertz CT molecular complexity index is 1270. The fraction of sp³-hybridized carbons (Fsp3) is 0.120. The molecule has 0 radical (unpaired) electrons. The van der Waals surface area contributed by atoms with E-state index in [0.717, 1.165) is 22.3 Å². The lowest BCUT2D eigenvalue weighted by Crippen LogP contribution is -2.29. The Morgan fingerprint density at radius 1 is 1.06 bits per heavy atom. The zero-order valence-electron chi connectivity index (χ0n) is 16.8. The molecule has 31 heavy (non-hydrogen) atoms. The minimum atomic E-state index is -0.336. The minimum Gasteiger partial charge on any atom is -0.507 e. The zero-order valence-corrected chi connectivity index (χ0v) is 17.6. The second kappa shape index (κ2) is 7.60. The molecule has 5 nitrogen and oxygen atoms in total. The number of aryl methyl sites for hydroxylation is 1. The van der Waals surface area contributed by atoms with Gasteiger partial charge < -0.3 is 10.0 Å². The molecule has 5 rings (SSSR count). The van der Waals surface area contributed by atoms with Gasteiger partial charge in [-0.05, 0) is 35.7 Å². The van der Waals surface area contributed by atoms with Crippen LogP contribution in [0.1, 0.15) is 38.8 Å². The second-order valence-electron chi connectivity index (χ2n) is 7.71. The molecule has 1 atom stereocenters. The van der Waals surface area contributed by atoms with E-state index >= 15 is 0 Å². The summed E-state index contributed by atoms with van der Waals surface area (Å²) in [5.41, 5.74) is 5.02. The standard InChI is InChI=1S/C25H20ClN3O2/c1-15-12-20(30)18(13-19(15)26)22-21-23(28-27-22)25(31)29(14-16-8-4-2-5-9-16)24(21)17-10-6-3-7-11-17/h2-13,24,30H,14H2,1H3,(H,27,28). The number of carbonyl (C=O) groups excluding carboxylic acids is 1. The Labute approximate surface area is 184 Å². The van der Waals surface area contributed by atoms with E-state index in [1.54, 1.807) is 12.1 Å². The number of nitrogens with zero attached hydrogens (tertiary/aromatic N) is 2. The van der Waals surface area contributed by atoms with Gasteiger partial charge in [-0.3, -0.25) is 9.89 Å². The molecule has 6 heteroatoms. The van der Waals surface area contributed by atoms with Gasteiger partial charge in [-0.2, -0.15) is 5.10 Å². The van der Waals surface area contributed by atoms with Crippen LogP contribution in [-0.4, -0.2) is 26.1 Å². The van der Waals surface area contributed by atoms with E-state index in [1.165, 1.54) is 0 Å². The van der Waals surface area contributed by atoms with Crippen LogP contribution in [0.15, 0.2) is 72.8 Å². The van der Waals surface area contributed by atoms with Crippen molar-refractivity contribution in [1.29, 1.82) is 0 Å². The first-order valence-corrected chi connectivity index (χ1v) is 10.4. The van der Waals surface area contributed by atoms with Crippen LogP contribution in [0.25, 0.3) is 11.3 Å². The average molecular weight is 430 g/mol. The van der Waals surface area contributed by atoms with Gasteiger partial charge in [-0.25, -0.2) is 0 Å². The molecule has 4 aromatic rings. The lowest BCUT2D eigenvalue weighted by atomic mass is 9.95. The molecule has 0 aliphatic carbocycles. The Morgan fingerprint density at radius 3 is 2.45 bits per heavy atom. The Kier molecular flexibility index (Phi) is 4.75. The van der Waals surface area contributed by atoms with E-state index in [0.29, 0.717) is 28.5 Å². The predicted molar refractivity (Wildman–Crippen MR) is 120 cm³/mol. The van der Waals surface area contributed by atoms with Crippen LogP contribution in [0.3, 0.4) is 0 Å². The molecule has 0 saturated heterocycles. The third-order valence-electron chi connectivity index (χ3n) is 5.71. The second-order valence-corrected chi connectivity index (χ2v) is 8.12. The lowest BCUT2D eigenvalue weighted by molar-refractivity contribution is 0.0730. The van der Waals surface area contributed by atoms with E-state index in [-0.39, 0.29) is 17.7 Å². The van der Waals surface area contributed by atoms with Crippen LogP contribution in [0.2, 0.25) is 5.02 Å². The van der Waals surface area contributed by atoms with Gasteiger partial charge in [0.15, 0.2) is 0 Å². The molecule has 2 heterocycles.